The first-order valence-corrected chi connectivity index (χ1v) is 3.85. The maximum atomic E-state index is 10.5. The van der Waals surface area contributed by atoms with Crippen molar-refractivity contribution in [2.75, 3.05) is 6.61 Å². The molecular formula is C7H12O6. The predicted molar refractivity (Wildman–Crippen MR) is 39.5 cm³/mol. The van der Waals surface area contributed by atoms with Crippen molar-refractivity contribution in [2.24, 2.45) is 0 Å². The zero-order chi connectivity index (χ0) is 10.0. The molecule has 1 rings (SSSR count). The van der Waals surface area contributed by atoms with Crippen molar-refractivity contribution >= 4 is 5.97 Å². The number of carbonyl (C=O) groups is 1. The van der Waals surface area contributed by atoms with Crippen LogP contribution in [0.15, 0.2) is 0 Å². The molecular weight excluding hydrogens is 180 g/mol. The summed E-state index contributed by atoms with van der Waals surface area (Å²) in [6, 6.07) is 0. The first-order valence-electron chi connectivity index (χ1n) is 3.85. The van der Waals surface area contributed by atoms with E-state index in [0.717, 1.165) is 6.92 Å². The maximum absolute atomic E-state index is 10.5. The van der Waals surface area contributed by atoms with E-state index < -0.39 is 30.6 Å². The Labute approximate surface area is 74.7 Å². The molecule has 0 unspecified atom stereocenters. The molecule has 0 bridgehead atoms. The van der Waals surface area contributed by atoms with Gasteiger partial charge < -0.3 is 24.8 Å². The molecule has 0 aliphatic carbocycles. The topological polar surface area (TPSA) is 96.2 Å². The third-order valence-corrected chi connectivity index (χ3v) is 1.75. The van der Waals surface area contributed by atoms with Gasteiger partial charge in [0, 0.05) is 6.92 Å². The van der Waals surface area contributed by atoms with Gasteiger partial charge in [0.2, 0.25) is 0 Å². The molecule has 6 heteroatoms. The molecule has 1 heterocycles. The summed E-state index contributed by atoms with van der Waals surface area (Å²) in [5.74, 6) is -0.628. The number of aliphatic hydroxyl groups excluding tert-OH is 3. The zero-order valence-electron chi connectivity index (χ0n) is 7.08. The molecule has 0 amide bonds. The lowest BCUT2D eigenvalue weighted by Gasteiger charge is -2.34. The fraction of sp³-hybridized carbons (Fsp3) is 0.857. The number of hydrogen-bond acceptors (Lipinski definition) is 6. The highest BCUT2D eigenvalue weighted by molar-refractivity contribution is 5.66. The Morgan fingerprint density at radius 3 is 2.62 bits per heavy atom. The van der Waals surface area contributed by atoms with Crippen molar-refractivity contribution in [1.82, 2.24) is 0 Å². The molecule has 0 saturated carbocycles. The van der Waals surface area contributed by atoms with Gasteiger partial charge >= 0.3 is 5.97 Å². The van der Waals surface area contributed by atoms with Crippen LogP contribution in [-0.2, 0) is 14.3 Å². The van der Waals surface area contributed by atoms with Crippen LogP contribution in [0.25, 0.3) is 0 Å². The Hall–Kier alpha value is -0.690. The highest BCUT2D eigenvalue weighted by atomic mass is 16.6. The Morgan fingerprint density at radius 2 is 2.08 bits per heavy atom. The maximum Gasteiger partial charge on any atom is 0.303 e. The first kappa shape index (κ1) is 10.4. The number of rotatable bonds is 1. The van der Waals surface area contributed by atoms with Gasteiger partial charge in [-0.2, -0.15) is 0 Å². The number of esters is 1. The van der Waals surface area contributed by atoms with Crippen LogP contribution in [0.4, 0.5) is 0 Å². The number of ether oxygens (including phenoxy) is 2. The molecule has 1 aliphatic heterocycles. The van der Waals surface area contributed by atoms with Gasteiger partial charge in [0.25, 0.3) is 0 Å². The molecule has 0 radical (unpaired) electrons. The second-order valence-corrected chi connectivity index (χ2v) is 2.86. The fourth-order valence-corrected chi connectivity index (χ4v) is 1.12. The van der Waals surface area contributed by atoms with E-state index in [9.17, 15) is 15.0 Å². The quantitative estimate of drug-likeness (QED) is 0.415. The molecule has 0 spiro atoms. The van der Waals surface area contributed by atoms with Crippen molar-refractivity contribution in [3.63, 3.8) is 0 Å². The summed E-state index contributed by atoms with van der Waals surface area (Å²) >= 11 is 0. The van der Waals surface area contributed by atoms with Gasteiger partial charge in [0.1, 0.15) is 12.2 Å². The van der Waals surface area contributed by atoms with E-state index in [1.807, 2.05) is 0 Å². The molecule has 0 aromatic heterocycles. The molecule has 6 nitrogen and oxygen atoms in total. The summed E-state index contributed by atoms with van der Waals surface area (Å²) in [5.41, 5.74) is 0. The van der Waals surface area contributed by atoms with Gasteiger partial charge in [-0.3, -0.25) is 4.79 Å². The highest BCUT2D eigenvalue weighted by Gasteiger charge is 2.40. The molecule has 0 aromatic carbocycles. The summed E-state index contributed by atoms with van der Waals surface area (Å²) in [7, 11) is 0. The number of hydrogen-bond donors (Lipinski definition) is 3. The van der Waals surface area contributed by atoms with Crippen LogP contribution < -0.4 is 0 Å². The predicted octanol–water partition coefficient (Wildman–Crippen LogP) is -2.01. The van der Waals surface area contributed by atoms with Gasteiger partial charge in [0.15, 0.2) is 12.4 Å². The molecule has 1 saturated heterocycles. The summed E-state index contributed by atoms with van der Waals surface area (Å²) in [5, 5.41) is 27.5. The second-order valence-electron chi connectivity index (χ2n) is 2.86. The lowest BCUT2D eigenvalue weighted by Crippen LogP contribution is -2.54. The van der Waals surface area contributed by atoms with Crippen molar-refractivity contribution in [3.8, 4) is 0 Å². The molecule has 13 heavy (non-hydrogen) atoms. The molecule has 4 atom stereocenters. The van der Waals surface area contributed by atoms with E-state index in [2.05, 4.69) is 9.47 Å². The minimum atomic E-state index is -1.42. The fourth-order valence-electron chi connectivity index (χ4n) is 1.12. The van der Waals surface area contributed by atoms with Crippen LogP contribution in [0.1, 0.15) is 6.92 Å². The molecule has 1 aliphatic rings. The average Bonchev–Trinajstić information content (AvgIpc) is 2.05. The van der Waals surface area contributed by atoms with E-state index in [-0.39, 0.29) is 6.61 Å². The van der Waals surface area contributed by atoms with Crippen molar-refractivity contribution in [2.45, 2.75) is 31.5 Å². The number of aliphatic hydroxyl groups is 3. The third kappa shape index (κ3) is 2.38. The van der Waals surface area contributed by atoms with Gasteiger partial charge in [-0.15, -0.1) is 0 Å². The van der Waals surface area contributed by atoms with Gasteiger partial charge in [-0.1, -0.05) is 0 Å². The smallest absolute Gasteiger partial charge is 0.303 e. The average molecular weight is 192 g/mol. The summed E-state index contributed by atoms with van der Waals surface area (Å²) in [4.78, 5) is 10.5. The van der Waals surface area contributed by atoms with Gasteiger partial charge in [-0.05, 0) is 0 Å². The Balaban J connectivity index is 2.60. The van der Waals surface area contributed by atoms with Crippen LogP contribution in [0.2, 0.25) is 0 Å². The molecule has 76 valence electrons. The molecule has 3 N–H and O–H groups in total. The summed E-state index contributed by atoms with van der Waals surface area (Å²) in [6.07, 6.45) is -5.07. The van der Waals surface area contributed by atoms with Crippen LogP contribution in [0.5, 0.6) is 0 Å². The van der Waals surface area contributed by atoms with Crippen LogP contribution in [0.3, 0.4) is 0 Å². The van der Waals surface area contributed by atoms with Crippen LogP contribution in [0, 0.1) is 0 Å². The monoisotopic (exact) mass is 192 g/mol. The van der Waals surface area contributed by atoms with E-state index in [4.69, 9.17) is 5.11 Å². The van der Waals surface area contributed by atoms with Crippen molar-refractivity contribution in [3.05, 3.63) is 0 Å². The normalized spacial score (nSPS) is 40.0. The van der Waals surface area contributed by atoms with E-state index in [0.29, 0.717) is 0 Å². The summed E-state index contributed by atoms with van der Waals surface area (Å²) < 4.78 is 9.19. The number of carbonyl (C=O) groups excluding carboxylic acids is 1. The molecule has 1 fully saturated rings. The lowest BCUT2D eigenvalue weighted by atomic mass is 10.1. The lowest BCUT2D eigenvalue weighted by molar-refractivity contribution is -0.257. The minimum absolute atomic E-state index is 0.170. The summed E-state index contributed by atoms with van der Waals surface area (Å²) in [6.45, 7) is 0.984. The van der Waals surface area contributed by atoms with Crippen molar-refractivity contribution < 1.29 is 29.6 Å². The van der Waals surface area contributed by atoms with Crippen LogP contribution in [-0.4, -0.2) is 52.5 Å². The zero-order valence-corrected chi connectivity index (χ0v) is 7.08. The minimum Gasteiger partial charge on any atom is -0.457 e. The van der Waals surface area contributed by atoms with Gasteiger partial charge in [-0.25, -0.2) is 0 Å². The Kier molecular flexibility index (Phi) is 3.21. The van der Waals surface area contributed by atoms with Crippen molar-refractivity contribution in [1.29, 1.82) is 0 Å². The van der Waals surface area contributed by atoms with E-state index >= 15 is 0 Å². The van der Waals surface area contributed by atoms with Crippen LogP contribution >= 0.6 is 0 Å². The SMILES string of the molecule is CC(=O)O[C@@H]1[C@@H](O)[C@H](O)OC[C@@H]1O. The van der Waals surface area contributed by atoms with E-state index in [1.165, 1.54) is 0 Å². The standard InChI is InChI=1S/C7H12O6/c1-3(8)13-6-4(9)2-12-7(11)5(6)10/h4-7,9-11H,2H2,1H3/t4-,5+,6-,7+/m0/s1. The van der Waals surface area contributed by atoms with E-state index in [1.54, 1.807) is 0 Å². The van der Waals surface area contributed by atoms with Gasteiger partial charge in [0.05, 0.1) is 6.61 Å². The highest BCUT2D eigenvalue weighted by Crippen LogP contribution is 2.16. The first-order chi connectivity index (χ1) is 6.02. The third-order valence-electron chi connectivity index (χ3n) is 1.75. The largest absolute Gasteiger partial charge is 0.457 e. The molecule has 0 aromatic rings. The Morgan fingerprint density at radius 1 is 1.46 bits per heavy atom. The second kappa shape index (κ2) is 4.01. The Bertz CT molecular complexity index is 193.